The third kappa shape index (κ3) is 5.59. The Morgan fingerprint density at radius 1 is 1.09 bits per heavy atom. The smallest absolute Gasteiger partial charge is 0.308 e. The summed E-state index contributed by atoms with van der Waals surface area (Å²) in [6.07, 6.45) is 9.41. The molecule has 0 spiro atoms. The molecule has 0 aromatic carbocycles. The first kappa shape index (κ1) is 17.3. The van der Waals surface area contributed by atoms with Crippen LogP contribution in [0.3, 0.4) is 0 Å². The van der Waals surface area contributed by atoms with E-state index in [0.29, 0.717) is 25.6 Å². The SMILES string of the molecule is O=C(CCC1CCCCC1)NCC(C(=O)O)C1CCOCC1. The number of aliphatic carboxylic acids is 1. The molecule has 1 aliphatic carbocycles. The Morgan fingerprint density at radius 2 is 1.77 bits per heavy atom. The average molecular weight is 311 g/mol. The van der Waals surface area contributed by atoms with Gasteiger partial charge in [0.15, 0.2) is 0 Å². The summed E-state index contributed by atoms with van der Waals surface area (Å²) in [6, 6.07) is 0. The Balaban J connectivity index is 1.69. The van der Waals surface area contributed by atoms with Crippen LogP contribution in [0.1, 0.15) is 57.8 Å². The van der Waals surface area contributed by atoms with E-state index in [0.717, 1.165) is 19.3 Å². The van der Waals surface area contributed by atoms with Gasteiger partial charge in [0.2, 0.25) is 5.91 Å². The molecule has 2 aliphatic rings. The summed E-state index contributed by atoms with van der Waals surface area (Å²) in [5, 5.41) is 12.2. The van der Waals surface area contributed by atoms with Crippen LogP contribution in [0.4, 0.5) is 0 Å². The number of hydrogen-bond acceptors (Lipinski definition) is 3. The summed E-state index contributed by atoms with van der Waals surface area (Å²) in [4.78, 5) is 23.4. The molecule has 22 heavy (non-hydrogen) atoms. The Morgan fingerprint density at radius 3 is 2.41 bits per heavy atom. The van der Waals surface area contributed by atoms with Crippen molar-refractivity contribution >= 4 is 11.9 Å². The van der Waals surface area contributed by atoms with Crippen LogP contribution in [0.15, 0.2) is 0 Å². The minimum Gasteiger partial charge on any atom is -0.481 e. The minimum atomic E-state index is -0.806. The van der Waals surface area contributed by atoms with Crippen molar-refractivity contribution in [1.29, 1.82) is 0 Å². The zero-order valence-corrected chi connectivity index (χ0v) is 13.4. The number of hydrogen-bond donors (Lipinski definition) is 2. The first-order valence-electron chi connectivity index (χ1n) is 8.74. The largest absolute Gasteiger partial charge is 0.481 e. The summed E-state index contributed by atoms with van der Waals surface area (Å²) >= 11 is 0. The lowest BCUT2D eigenvalue weighted by molar-refractivity contribution is -0.145. The quantitative estimate of drug-likeness (QED) is 0.758. The van der Waals surface area contributed by atoms with Crippen molar-refractivity contribution in [3.63, 3.8) is 0 Å². The lowest BCUT2D eigenvalue weighted by Gasteiger charge is -2.27. The Hall–Kier alpha value is -1.10. The summed E-state index contributed by atoms with van der Waals surface area (Å²) in [5.41, 5.74) is 0. The lowest BCUT2D eigenvalue weighted by atomic mass is 9.85. The van der Waals surface area contributed by atoms with Crippen LogP contribution < -0.4 is 5.32 Å². The molecule has 0 aromatic heterocycles. The molecule has 5 nitrogen and oxygen atoms in total. The molecule has 2 fully saturated rings. The van der Waals surface area contributed by atoms with E-state index < -0.39 is 11.9 Å². The molecule has 0 aromatic rings. The maximum Gasteiger partial charge on any atom is 0.308 e. The topological polar surface area (TPSA) is 75.6 Å². The molecule has 0 bridgehead atoms. The number of carboxylic acids is 1. The first-order chi connectivity index (χ1) is 10.7. The highest BCUT2D eigenvalue weighted by Crippen LogP contribution is 2.27. The van der Waals surface area contributed by atoms with Crippen LogP contribution in [0.5, 0.6) is 0 Å². The summed E-state index contributed by atoms with van der Waals surface area (Å²) < 4.78 is 5.28. The van der Waals surface area contributed by atoms with Gasteiger partial charge in [-0.1, -0.05) is 32.1 Å². The molecule has 1 heterocycles. The van der Waals surface area contributed by atoms with Gasteiger partial charge in [-0.3, -0.25) is 9.59 Å². The second-order valence-corrected chi connectivity index (χ2v) is 6.74. The van der Waals surface area contributed by atoms with Crippen LogP contribution in [-0.2, 0) is 14.3 Å². The fourth-order valence-electron chi connectivity index (χ4n) is 3.70. The third-order valence-electron chi connectivity index (χ3n) is 5.18. The summed E-state index contributed by atoms with van der Waals surface area (Å²) in [6.45, 7) is 1.51. The second-order valence-electron chi connectivity index (χ2n) is 6.74. The van der Waals surface area contributed by atoms with E-state index in [4.69, 9.17) is 4.74 Å². The van der Waals surface area contributed by atoms with Gasteiger partial charge in [0.1, 0.15) is 0 Å². The second kappa shape index (κ2) is 9.13. The molecule has 0 radical (unpaired) electrons. The van der Waals surface area contributed by atoms with E-state index in [1.807, 2.05) is 0 Å². The van der Waals surface area contributed by atoms with E-state index in [2.05, 4.69) is 5.32 Å². The van der Waals surface area contributed by atoms with Gasteiger partial charge in [0, 0.05) is 26.2 Å². The van der Waals surface area contributed by atoms with Gasteiger partial charge in [-0.15, -0.1) is 0 Å². The molecular formula is C17H29NO4. The van der Waals surface area contributed by atoms with Crippen molar-refractivity contribution < 1.29 is 19.4 Å². The normalized spacial score (nSPS) is 22.2. The molecule has 126 valence electrons. The molecule has 1 saturated heterocycles. The monoisotopic (exact) mass is 311 g/mol. The number of nitrogens with one attached hydrogen (secondary N) is 1. The molecule has 1 atom stereocenters. The third-order valence-corrected chi connectivity index (χ3v) is 5.18. The molecule has 1 saturated carbocycles. The van der Waals surface area contributed by atoms with E-state index in [9.17, 15) is 14.7 Å². The number of carboxylic acid groups (broad SMARTS) is 1. The highest BCUT2D eigenvalue weighted by molar-refractivity contribution is 5.77. The molecule has 5 heteroatoms. The van der Waals surface area contributed by atoms with E-state index in [1.54, 1.807) is 0 Å². The zero-order chi connectivity index (χ0) is 15.8. The van der Waals surface area contributed by atoms with Crippen LogP contribution in [0.25, 0.3) is 0 Å². The number of ether oxygens (including phenoxy) is 1. The number of rotatable bonds is 7. The van der Waals surface area contributed by atoms with Crippen molar-refractivity contribution in [1.82, 2.24) is 5.32 Å². The summed E-state index contributed by atoms with van der Waals surface area (Å²) in [5.74, 6) is -0.485. The highest BCUT2D eigenvalue weighted by Gasteiger charge is 2.30. The van der Waals surface area contributed by atoms with Crippen LogP contribution >= 0.6 is 0 Å². The van der Waals surface area contributed by atoms with Crippen molar-refractivity contribution in [2.24, 2.45) is 17.8 Å². The fourth-order valence-corrected chi connectivity index (χ4v) is 3.70. The molecule has 2 rings (SSSR count). The van der Waals surface area contributed by atoms with Gasteiger partial charge in [0.05, 0.1) is 5.92 Å². The van der Waals surface area contributed by atoms with Gasteiger partial charge < -0.3 is 15.2 Å². The Kier molecular flexibility index (Phi) is 7.16. The number of carbonyl (C=O) groups is 2. The predicted octanol–water partition coefficient (Wildman–Crippen LogP) is 2.59. The molecular weight excluding hydrogens is 282 g/mol. The molecule has 2 N–H and O–H groups in total. The predicted molar refractivity (Wildman–Crippen MR) is 83.5 cm³/mol. The minimum absolute atomic E-state index is 0.00360. The van der Waals surface area contributed by atoms with Crippen molar-refractivity contribution in [3.8, 4) is 0 Å². The van der Waals surface area contributed by atoms with E-state index >= 15 is 0 Å². The fraction of sp³-hybridized carbons (Fsp3) is 0.882. The van der Waals surface area contributed by atoms with Crippen LogP contribution in [-0.4, -0.2) is 36.7 Å². The Bertz CT molecular complexity index is 360. The van der Waals surface area contributed by atoms with E-state index in [-0.39, 0.29) is 18.4 Å². The van der Waals surface area contributed by atoms with Crippen molar-refractivity contribution in [3.05, 3.63) is 0 Å². The van der Waals surface area contributed by atoms with Crippen LogP contribution in [0.2, 0.25) is 0 Å². The van der Waals surface area contributed by atoms with Gasteiger partial charge in [0.25, 0.3) is 0 Å². The molecule has 1 aliphatic heterocycles. The number of carbonyl (C=O) groups excluding carboxylic acids is 1. The lowest BCUT2D eigenvalue weighted by Crippen LogP contribution is -2.39. The number of amides is 1. The van der Waals surface area contributed by atoms with Gasteiger partial charge in [-0.25, -0.2) is 0 Å². The van der Waals surface area contributed by atoms with Gasteiger partial charge in [-0.05, 0) is 31.1 Å². The van der Waals surface area contributed by atoms with E-state index in [1.165, 1.54) is 32.1 Å². The van der Waals surface area contributed by atoms with Gasteiger partial charge in [-0.2, -0.15) is 0 Å². The standard InChI is InChI=1S/C17H29NO4/c19-16(7-6-13-4-2-1-3-5-13)18-12-15(17(20)21)14-8-10-22-11-9-14/h13-15H,1-12H2,(H,18,19)(H,20,21). The maximum absolute atomic E-state index is 12.0. The van der Waals surface area contributed by atoms with Gasteiger partial charge >= 0.3 is 5.97 Å². The molecule has 1 unspecified atom stereocenters. The summed E-state index contributed by atoms with van der Waals surface area (Å²) in [7, 11) is 0. The Labute approximate surface area is 132 Å². The average Bonchev–Trinajstić information content (AvgIpc) is 2.55. The highest BCUT2D eigenvalue weighted by atomic mass is 16.5. The maximum atomic E-state index is 12.0. The first-order valence-corrected chi connectivity index (χ1v) is 8.74. The van der Waals surface area contributed by atoms with Crippen molar-refractivity contribution in [2.75, 3.05) is 19.8 Å². The molecule has 1 amide bonds. The van der Waals surface area contributed by atoms with Crippen LogP contribution in [0, 0.1) is 17.8 Å². The van der Waals surface area contributed by atoms with Crippen molar-refractivity contribution in [2.45, 2.75) is 57.8 Å². The zero-order valence-electron chi connectivity index (χ0n) is 13.4.